The van der Waals surface area contributed by atoms with Gasteiger partial charge >= 0.3 is 0 Å². The molecule has 2 fully saturated rings. The third kappa shape index (κ3) is 5.17. The fourth-order valence-corrected chi connectivity index (χ4v) is 4.65. The molecule has 0 unspecified atom stereocenters. The van der Waals surface area contributed by atoms with Crippen molar-refractivity contribution in [3.05, 3.63) is 47.9 Å². The molecular weight excluding hydrogens is 393 g/mol. The van der Waals surface area contributed by atoms with Gasteiger partial charge in [0.25, 0.3) is 0 Å². The molecule has 0 saturated carbocycles. The minimum absolute atomic E-state index is 0.0199. The first-order valence-corrected chi connectivity index (χ1v) is 11.4. The molecule has 2 aliphatic rings. The number of ether oxygens (including phenoxy) is 1. The van der Waals surface area contributed by atoms with Gasteiger partial charge in [-0.3, -0.25) is 0 Å². The van der Waals surface area contributed by atoms with Crippen molar-refractivity contribution in [1.29, 1.82) is 0 Å². The topological polar surface area (TPSA) is 45.7 Å². The highest BCUT2D eigenvalue weighted by molar-refractivity contribution is 5.76. The fraction of sp³-hybridized carbons (Fsp3) is 0.520. The quantitative estimate of drug-likeness (QED) is 0.628. The van der Waals surface area contributed by atoms with E-state index in [9.17, 15) is 4.79 Å². The molecule has 0 N–H and O–H groups in total. The van der Waals surface area contributed by atoms with Gasteiger partial charge in [0.05, 0.1) is 12.2 Å². The highest BCUT2D eigenvalue weighted by Crippen LogP contribution is 2.31. The molecule has 2 aromatic rings. The van der Waals surface area contributed by atoms with Crippen molar-refractivity contribution in [3.63, 3.8) is 0 Å². The van der Waals surface area contributed by atoms with E-state index in [2.05, 4.69) is 21.7 Å². The number of hydrogen-bond acceptors (Lipinski definition) is 5. The summed E-state index contributed by atoms with van der Waals surface area (Å²) in [6, 6.07) is 9.77. The van der Waals surface area contributed by atoms with Gasteiger partial charge in [0, 0.05) is 38.7 Å². The zero-order chi connectivity index (χ0) is 21.8. The Morgan fingerprint density at radius 3 is 2.58 bits per heavy atom. The zero-order valence-corrected chi connectivity index (χ0v) is 18.5. The summed E-state index contributed by atoms with van der Waals surface area (Å²) < 4.78 is 21.4. The third-order valence-corrected chi connectivity index (χ3v) is 6.34. The lowest BCUT2D eigenvalue weighted by molar-refractivity contribution is -0.117. The normalized spacial score (nSPS) is 20.0. The first-order chi connectivity index (χ1) is 15.0. The van der Waals surface area contributed by atoms with Crippen LogP contribution in [-0.2, 0) is 4.79 Å². The summed E-state index contributed by atoms with van der Waals surface area (Å²) in [5.74, 6) is 1.49. The Morgan fingerprint density at radius 2 is 1.87 bits per heavy atom. The highest BCUT2D eigenvalue weighted by atomic mass is 19.1. The van der Waals surface area contributed by atoms with Crippen molar-refractivity contribution in [3.8, 4) is 5.75 Å². The molecule has 166 valence electrons. The summed E-state index contributed by atoms with van der Waals surface area (Å²) in [6.45, 7) is 6.86. The van der Waals surface area contributed by atoms with Gasteiger partial charge in [0.1, 0.15) is 17.6 Å². The Balaban J connectivity index is 1.38. The Hall–Kier alpha value is -2.63. The standard InChI is InChI=1S/C25H32FN3O2/c1-18(16-19(2)30)20-6-8-21(9-7-20)31-22-11-15-29(17-22)23-10-12-27-25(24(23)26)28-13-4-3-5-14-28/h6-10,12,18,22H,3-5,11,13-17H2,1-2H3/t18-,22-/m1/s1. The van der Waals surface area contributed by atoms with Crippen LogP contribution in [0, 0.1) is 5.82 Å². The highest BCUT2D eigenvalue weighted by Gasteiger charge is 2.28. The molecule has 6 heteroatoms. The van der Waals surface area contributed by atoms with Gasteiger partial charge in [0.2, 0.25) is 0 Å². The van der Waals surface area contributed by atoms with E-state index in [-0.39, 0.29) is 23.6 Å². The Kier molecular flexibility index (Phi) is 6.73. The van der Waals surface area contributed by atoms with Crippen molar-refractivity contribution in [2.24, 2.45) is 0 Å². The van der Waals surface area contributed by atoms with Gasteiger partial charge in [-0.15, -0.1) is 0 Å². The maximum Gasteiger partial charge on any atom is 0.188 e. The first-order valence-electron chi connectivity index (χ1n) is 11.4. The number of piperidine rings is 1. The van der Waals surface area contributed by atoms with Gasteiger partial charge in [-0.05, 0) is 55.9 Å². The molecule has 0 spiro atoms. The van der Waals surface area contributed by atoms with Gasteiger partial charge < -0.3 is 19.3 Å². The molecule has 1 aromatic heterocycles. The molecule has 4 rings (SSSR count). The zero-order valence-electron chi connectivity index (χ0n) is 18.5. The van der Waals surface area contributed by atoms with Crippen molar-refractivity contribution >= 4 is 17.3 Å². The number of carbonyl (C=O) groups excluding carboxylic acids is 1. The Labute approximate surface area is 184 Å². The van der Waals surface area contributed by atoms with Crippen LogP contribution in [-0.4, -0.2) is 43.1 Å². The molecule has 2 atom stereocenters. The van der Waals surface area contributed by atoms with Crippen molar-refractivity contribution < 1.29 is 13.9 Å². The van der Waals surface area contributed by atoms with E-state index in [4.69, 9.17) is 4.74 Å². The molecule has 2 saturated heterocycles. The number of ketones is 1. The van der Waals surface area contributed by atoms with Crippen LogP contribution in [0.4, 0.5) is 15.9 Å². The maximum absolute atomic E-state index is 15.3. The summed E-state index contributed by atoms with van der Waals surface area (Å²) in [7, 11) is 0. The SMILES string of the molecule is CC(=O)C[C@@H](C)c1ccc(O[C@@H]2CCN(c3ccnc(N4CCCCC4)c3F)C2)cc1. The van der Waals surface area contributed by atoms with Gasteiger partial charge in [0.15, 0.2) is 11.6 Å². The van der Waals surface area contributed by atoms with Gasteiger partial charge in [-0.2, -0.15) is 0 Å². The smallest absolute Gasteiger partial charge is 0.188 e. The second-order valence-corrected chi connectivity index (χ2v) is 8.87. The maximum atomic E-state index is 15.3. The van der Waals surface area contributed by atoms with Crippen molar-refractivity contribution in [2.45, 2.75) is 58.0 Å². The molecule has 0 bridgehead atoms. The van der Waals surface area contributed by atoms with Crippen LogP contribution in [0.2, 0.25) is 0 Å². The number of benzene rings is 1. The van der Waals surface area contributed by atoms with E-state index >= 15 is 4.39 Å². The summed E-state index contributed by atoms with van der Waals surface area (Å²) in [5.41, 5.74) is 1.76. The first kappa shape index (κ1) is 21.6. The van der Waals surface area contributed by atoms with Crippen LogP contribution < -0.4 is 14.5 Å². The average molecular weight is 426 g/mol. The molecule has 31 heavy (non-hydrogen) atoms. The van der Waals surface area contributed by atoms with Crippen LogP contribution in [0.5, 0.6) is 5.75 Å². The van der Waals surface area contributed by atoms with Crippen molar-refractivity contribution in [2.75, 3.05) is 36.0 Å². The molecule has 2 aliphatic heterocycles. The molecule has 0 amide bonds. The van der Waals surface area contributed by atoms with Crippen LogP contribution >= 0.6 is 0 Å². The minimum atomic E-state index is -0.214. The lowest BCUT2D eigenvalue weighted by atomic mass is 9.96. The van der Waals surface area contributed by atoms with Gasteiger partial charge in [-0.25, -0.2) is 9.37 Å². The largest absolute Gasteiger partial charge is 0.489 e. The van der Waals surface area contributed by atoms with E-state index in [0.717, 1.165) is 50.2 Å². The summed E-state index contributed by atoms with van der Waals surface area (Å²) in [4.78, 5) is 19.8. The molecule has 3 heterocycles. The van der Waals surface area contributed by atoms with Crippen LogP contribution in [0.1, 0.15) is 57.4 Å². The predicted octanol–water partition coefficient (Wildman–Crippen LogP) is 4.95. The lowest BCUT2D eigenvalue weighted by Gasteiger charge is -2.29. The van der Waals surface area contributed by atoms with E-state index in [1.165, 1.54) is 6.42 Å². The van der Waals surface area contributed by atoms with Gasteiger partial charge in [-0.1, -0.05) is 19.1 Å². The number of hydrogen-bond donors (Lipinski definition) is 0. The van der Waals surface area contributed by atoms with Crippen LogP contribution in [0.25, 0.3) is 0 Å². The number of carbonyl (C=O) groups is 1. The van der Waals surface area contributed by atoms with Crippen molar-refractivity contribution in [1.82, 2.24) is 4.98 Å². The minimum Gasteiger partial charge on any atom is -0.489 e. The summed E-state index contributed by atoms with van der Waals surface area (Å²) >= 11 is 0. The van der Waals surface area contributed by atoms with Crippen LogP contribution in [0.15, 0.2) is 36.5 Å². The number of halogens is 1. The van der Waals surface area contributed by atoms with E-state index in [1.807, 2.05) is 24.3 Å². The Bertz CT molecular complexity index is 896. The monoisotopic (exact) mass is 425 g/mol. The molecular formula is C25H32FN3O2. The molecule has 0 radical (unpaired) electrons. The number of anilines is 2. The average Bonchev–Trinajstić information content (AvgIpc) is 3.22. The number of Topliss-reactive ketones (excluding diaryl/α,β-unsaturated/α-hetero) is 1. The number of pyridine rings is 1. The number of rotatable bonds is 7. The molecule has 1 aromatic carbocycles. The number of aromatic nitrogens is 1. The number of nitrogens with zero attached hydrogens (tertiary/aromatic N) is 3. The van der Waals surface area contributed by atoms with E-state index < -0.39 is 0 Å². The molecule has 0 aliphatic carbocycles. The van der Waals surface area contributed by atoms with E-state index in [0.29, 0.717) is 24.5 Å². The summed E-state index contributed by atoms with van der Waals surface area (Å²) in [5, 5.41) is 0. The summed E-state index contributed by atoms with van der Waals surface area (Å²) in [6.07, 6.45) is 6.54. The van der Waals surface area contributed by atoms with E-state index in [1.54, 1.807) is 19.2 Å². The second kappa shape index (κ2) is 9.67. The van der Waals surface area contributed by atoms with Crippen LogP contribution in [0.3, 0.4) is 0 Å². The molecule has 5 nitrogen and oxygen atoms in total. The lowest BCUT2D eigenvalue weighted by Crippen LogP contribution is -2.32. The fourth-order valence-electron chi connectivity index (χ4n) is 4.65. The third-order valence-electron chi connectivity index (χ3n) is 6.34. The second-order valence-electron chi connectivity index (χ2n) is 8.87. The Morgan fingerprint density at radius 1 is 1.13 bits per heavy atom. The predicted molar refractivity (Wildman–Crippen MR) is 122 cm³/mol.